The topological polar surface area (TPSA) is 75.5 Å². The molecule has 2 heterocycles. The molecule has 7 heteroatoms. The SMILES string of the molecule is COc1nc(Cl)cc(N2CCC(C(=O)O)CC2)n1. The maximum atomic E-state index is 10.9. The normalized spacial score (nSPS) is 16.7. The summed E-state index contributed by atoms with van der Waals surface area (Å²) in [5.74, 6) is -0.316. The molecule has 1 aliphatic rings. The van der Waals surface area contributed by atoms with Crippen LogP contribution in [-0.4, -0.2) is 41.2 Å². The van der Waals surface area contributed by atoms with E-state index in [1.807, 2.05) is 4.90 Å². The first-order valence-corrected chi connectivity index (χ1v) is 6.04. The van der Waals surface area contributed by atoms with E-state index in [4.69, 9.17) is 21.4 Å². The summed E-state index contributed by atoms with van der Waals surface area (Å²) in [5.41, 5.74) is 0. The minimum absolute atomic E-state index is 0.220. The number of hydrogen-bond acceptors (Lipinski definition) is 5. The number of halogens is 1. The van der Waals surface area contributed by atoms with Gasteiger partial charge in [-0.05, 0) is 12.8 Å². The van der Waals surface area contributed by atoms with Gasteiger partial charge in [0.25, 0.3) is 0 Å². The fourth-order valence-electron chi connectivity index (χ4n) is 1.99. The molecule has 0 radical (unpaired) electrons. The molecule has 0 unspecified atom stereocenters. The first-order chi connectivity index (χ1) is 8.60. The highest BCUT2D eigenvalue weighted by Gasteiger charge is 2.25. The molecule has 1 saturated heterocycles. The number of aromatic nitrogens is 2. The molecule has 18 heavy (non-hydrogen) atoms. The predicted molar refractivity (Wildman–Crippen MR) is 66.2 cm³/mol. The van der Waals surface area contributed by atoms with Crippen molar-refractivity contribution in [2.45, 2.75) is 12.8 Å². The average molecular weight is 272 g/mol. The highest BCUT2D eigenvalue weighted by atomic mass is 35.5. The second kappa shape index (κ2) is 5.39. The zero-order chi connectivity index (χ0) is 13.1. The molecular formula is C11H14ClN3O3. The van der Waals surface area contributed by atoms with Crippen molar-refractivity contribution in [2.75, 3.05) is 25.1 Å². The molecule has 1 aliphatic heterocycles. The van der Waals surface area contributed by atoms with Gasteiger partial charge in [0.2, 0.25) is 0 Å². The fraction of sp³-hybridized carbons (Fsp3) is 0.545. The van der Waals surface area contributed by atoms with Crippen molar-refractivity contribution < 1.29 is 14.6 Å². The van der Waals surface area contributed by atoms with Gasteiger partial charge in [0.05, 0.1) is 13.0 Å². The second-order valence-electron chi connectivity index (χ2n) is 4.14. The number of rotatable bonds is 3. The Morgan fingerprint density at radius 3 is 2.72 bits per heavy atom. The third-order valence-corrected chi connectivity index (χ3v) is 3.21. The van der Waals surface area contributed by atoms with E-state index < -0.39 is 5.97 Å². The Labute approximate surface area is 110 Å². The van der Waals surface area contributed by atoms with Gasteiger partial charge in [0, 0.05) is 19.2 Å². The third-order valence-electron chi connectivity index (χ3n) is 3.01. The number of piperidine rings is 1. The van der Waals surface area contributed by atoms with Crippen molar-refractivity contribution in [3.8, 4) is 6.01 Å². The molecule has 0 aromatic carbocycles. The van der Waals surface area contributed by atoms with Crippen molar-refractivity contribution in [3.05, 3.63) is 11.2 Å². The van der Waals surface area contributed by atoms with E-state index in [-0.39, 0.29) is 11.9 Å². The van der Waals surface area contributed by atoms with Gasteiger partial charge in [-0.15, -0.1) is 0 Å². The van der Waals surface area contributed by atoms with Crippen molar-refractivity contribution >= 4 is 23.4 Å². The van der Waals surface area contributed by atoms with Crippen LogP contribution in [0.4, 0.5) is 5.82 Å². The summed E-state index contributed by atoms with van der Waals surface area (Å²) < 4.78 is 4.96. The van der Waals surface area contributed by atoms with Gasteiger partial charge in [-0.1, -0.05) is 11.6 Å². The minimum Gasteiger partial charge on any atom is -0.481 e. The molecule has 0 spiro atoms. The molecule has 2 rings (SSSR count). The van der Waals surface area contributed by atoms with Gasteiger partial charge in [-0.3, -0.25) is 4.79 Å². The monoisotopic (exact) mass is 271 g/mol. The summed E-state index contributed by atoms with van der Waals surface area (Å²) in [7, 11) is 1.48. The Bertz CT molecular complexity index is 447. The minimum atomic E-state index is -0.729. The highest BCUT2D eigenvalue weighted by Crippen LogP contribution is 2.24. The highest BCUT2D eigenvalue weighted by molar-refractivity contribution is 6.29. The number of carboxylic acid groups (broad SMARTS) is 1. The molecule has 1 aromatic heterocycles. The first-order valence-electron chi connectivity index (χ1n) is 5.66. The predicted octanol–water partition coefficient (Wildman–Crippen LogP) is 1.44. The van der Waals surface area contributed by atoms with Crippen LogP contribution in [0.5, 0.6) is 6.01 Å². The van der Waals surface area contributed by atoms with Gasteiger partial charge in [-0.2, -0.15) is 9.97 Å². The maximum Gasteiger partial charge on any atom is 0.319 e. The number of methoxy groups -OCH3 is 1. The number of carbonyl (C=O) groups is 1. The number of hydrogen-bond donors (Lipinski definition) is 1. The van der Waals surface area contributed by atoms with Crippen molar-refractivity contribution in [3.63, 3.8) is 0 Å². The van der Waals surface area contributed by atoms with Crippen LogP contribution in [-0.2, 0) is 4.79 Å². The Morgan fingerprint density at radius 2 is 2.17 bits per heavy atom. The molecule has 0 saturated carbocycles. The molecule has 1 N–H and O–H groups in total. The zero-order valence-electron chi connectivity index (χ0n) is 9.97. The Hall–Kier alpha value is -1.56. The number of anilines is 1. The molecule has 1 fully saturated rings. The van der Waals surface area contributed by atoms with E-state index in [1.54, 1.807) is 6.07 Å². The van der Waals surface area contributed by atoms with E-state index in [9.17, 15) is 4.79 Å². The average Bonchev–Trinajstić information content (AvgIpc) is 2.38. The van der Waals surface area contributed by atoms with Crippen LogP contribution in [0.25, 0.3) is 0 Å². The van der Waals surface area contributed by atoms with E-state index in [0.717, 1.165) is 0 Å². The van der Waals surface area contributed by atoms with Crippen molar-refractivity contribution in [2.24, 2.45) is 5.92 Å². The van der Waals surface area contributed by atoms with Crippen LogP contribution in [0.15, 0.2) is 6.07 Å². The van der Waals surface area contributed by atoms with E-state index in [2.05, 4.69) is 9.97 Å². The van der Waals surface area contributed by atoms with E-state index in [1.165, 1.54) is 7.11 Å². The van der Waals surface area contributed by atoms with E-state index in [0.29, 0.717) is 36.9 Å². The summed E-state index contributed by atoms with van der Waals surface area (Å²) in [6.45, 7) is 1.29. The molecule has 0 bridgehead atoms. The molecular weight excluding hydrogens is 258 g/mol. The lowest BCUT2D eigenvalue weighted by atomic mass is 9.97. The van der Waals surface area contributed by atoms with Crippen LogP contribution in [0, 0.1) is 5.92 Å². The Balaban J connectivity index is 2.09. The molecule has 0 aliphatic carbocycles. The first kappa shape index (κ1) is 12.9. The van der Waals surface area contributed by atoms with Gasteiger partial charge < -0.3 is 14.7 Å². The Kier molecular flexibility index (Phi) is 3.86. The molecule has 6 nitrogen and oxygen atoms in total. The number of nitrogens with zero attached hydrogens (tertiary/aromatic N) is 3. The zero-order valence-corrected chi connectivity index (χ0v) is 10.7. The van der Waals surface area contributed by atoms with Crippen LogP contribution < -0.4 is 9.64 Å². The number of aliphatic carboxylic acids is 1. The molecule has 0 atom stereocenters. The molecule has 1 aromatic rings. The lowest BCUT2D eigenvalue weighted by Crippen LogP contribution is -2.36. The van der Waals surface area contributed by atoms with Crippen molar-refractivity contribution in [1.82, 2.24) is 9.97 Å². The van der Waals surface area contributed by atoms with Gasteiger partial charge in [-0.25, -0.2) is 0 Å². The third kappa shape index (κ3) is 2.81. The van der Waals surface area contributed by atoms with Gasteiger partial charge >= 0.3 is 12.0 Å². The number of ether oxygens (including phenoxy) is 1. The van der Waals surface area contributed by atoms with Crippen LogP contribution in [0.3, 0.4) is 0 Å². The number of carboxylic acids is 1. The van der Waals surface area contributed by atoms with Crippen LogP contribution >= 0.6 is 11.6 Å². The lowest BCUT2D eigenvalue weighted by Gasteiger charge is -2.30. The Morgan fingerprint density at radius 1 is 1.50 bits per heavy atom. The lowest BCUT2D eigenvalue weighted by molar-refractivity contribution is -0.142. The molecule has 98 valence electrons. The van der Waals surface area contributed by atoms with Gasteiger partial charge in [0.15, 0.2) is 0 Å². The summed E-state index contributed by atoms with van der Waals surface area (Å²) in [4.78, 5) is 21.0. The fourth-order valence-corrected chi connectivity index (χ4v) is 2.16. The largest absolute Gasteiger partial charge is 0.481 e. The van der Waals surface area contributed by atoms with E-state index >= 15 is 0 Å². The van der Waals surface area contributed by atoms with Crippen LogP contribution in [0.1, 0.15) is 12.8 Å². The van der Waals surface area contributed by atoms with Crippen LogP contribution in [0.2, 0.25) is 5.15 Å². The summed E-state index contributed by atoms with van der Waals surface area (Å²) >= 11 is 5.88. The molecule has 0 amide bonds. The summed E-state index contributed by atoms with van der Waals surface area (Å²) in [6, 6.07) is 1.88. The van der Waals surface area contributed by atoms with Gasteiger partial charge in [0.1, 0.15) is 11.0 Å². The summed E-state index contributed by atoms with van der Waals surface area (Å²) in [6.07, 6.45) is 1.22. The second-order valence-corrected chi connectivity index (χ2v) is 4.52. The quantitative estimate of drug-likeness (QED) is 0.839. The van der Waals surface area contributed by atoms with Crippen molar-refractivity contribution in [1.29, 1.82) is 0 Å². The maximum absolute atomic E-state index is 10.9. The smallest absolute Gasteiger partial charge is 0.319 e. The standard InChI is InChI=1S/C11H14ClN3O3/c1-18-11-13-8(12)6-9(14-11)15-4-2-7(3-5-15)10(16)17/h6-7H,2-5H2,1H3,(H,16,17). The summed E-state index contributed by atoms with van der Waals surface area (Å²) in [5, 5.41) is 9.25.